The van der Waals surface area contributed by atoms with Gasteiger partial charge >= 0.3 is 0 Å². The summed E-state index contributed by atoms with van der Waals surface area (Å²) in [6.07, 6.45) is 13.9. The molecular weight excluding hydrogens is 332 g/mol. The molecule has 1 aliphatic carbocycles. The molecule has 0 fully saturated rings. The van der Waals surface area contributed by atoms with E-state index >= 15 is 0 Å². The first-order chi connectivity index (χ1) is 12.2. The Balaban J connectivity index is 2.17. The zero-order valence-electron chi connectivity index (χ0n) is 14.7. The molecule has 0 aliphatic heterocycles. The lowest BCUT2D eigenvalue weighted by molar-refractivity contribution is 0.0963. The Morgan fingerprint density at radius 2 is 2.08 bits per heavy atom. The third kappa shape index (κ3) is 3.51. The van der Waals surface area contributed by atoms with Crippen molar-refractivity contribution in [3.05, 3.63) is 59.9 Å². The van der Waals surface area contributed by atoms with Gasteiger partial charge in [-0.25, -0.2) is 0 Å². The normalized spacial score (nSPS) is 18.8. The number of carbonyl (C=O) groups excluding carboxylic acids is 1. The lowest BCUT2D eigenvalue weighted by atomic mass is 10.0. The lowest BCUT2D eigenvalue weighted by Crippen LogP contribution is -2.18. The molecule has 25 heavy (non-hydrogen) atoms. The molecule has 0 radical (unpaired) electrons. The lowest BCUT2D eigenvalue weighted by Gasteiger charge is -2.14. The van der Waals surface area contributed by atoms with Crippen molar-refractivity contribution in [3.63, 3.8) is 0 Å². The van der Waals surface area contributed by atoms with Crippen molar-refractivity contribution >= 4 is 40.1 Å². The predicted octanol–water partition coefficient (Wildman–Crippen LogP) is 4.80. The number of nitrogens with one attached hydrogen (secondary N) is 1. The molecule has 1 heterocycles. The molecule has 1 amide bonds. The van der Waals surface area contributed by atoms with Gasteiger partial charge < -0.3 is 14.0 Å². The number of rotatable bonds is 4. The minimum Gasteiger partial charge on any atom is -0.455 e. The molecule has 0 bridgehead atoms. The number of amides is 1. The summed E-state index contributed by atoms with van der Waals surface area (Å²) in [4.78, 5) is 12.5. The quantitative estimate of drug-likeness (QED) is 0.802. The van der Waals surface area contributed by atoms with Crippen LogP contribution in [0.1, 0.15) is 29.0 Å². The summed E-state index contributed by atoms with van der Waals surface area (Å²) in [6.45, 7) is 0. The summed E-state index contributed by atoms with van der Waals surface area (Å²) in [5, 5.41) is 3.59. The van der Waals surface area contributed by atoms with E-state index in [-0.39, 0.29) is 5.91 Å². The third-order valence-corrected chi connectivity index (χ3v) is 5.04. The van der Waals surface area contributed by atoms with Crippen LogP contribution in [0.4, 0.5) is 5.69 Å². The van der Waals surface area contributed by atoms with Crippen LogP contribution in [0.25, 0.3) is 16.5 Å². The molecule has 130 valence electrons. The van der Waals surface area contributed by atoms with Crippen LogP contribution in [0.2, 0.25) is 0 Å². The van der Waals surface area contributed by atoms with E-state index in [2.05, 4.69) is 27.9 Å². The van der Waals surface area contributed by atoms with Crippen molar-refractivity contribution in [3.8, 4) is 0 Å². The third-order valence-electron chi connectivity index (χ3n) is 4.28. The van der Waals surface area contributed by atoms with Crippen LogP contribution in [0.5, 0.6) is 0 Å². The molecule has 0 saturated heterocycles. The van der Waals surface area contributed by atoms with E-state index in [1.165, 1.54) is 0 Å². The first-order valence-corrected chi connectivity index (χ1v) is 9.41. The minimum atomic E-state index is -0.123. The molecule has 0 unspecified atom stereocenters. The largest absolute Gasteiger partial charge is 0.455 e. The maximum absolute atomic E-state index is 12.5. The van der Waals surface area contributed by atoms with Gasteiger partial charge in [-0.15, -0.1) is 0 Å². The molecule has 4 nitrogen and oxygen atoms in total. The van der Waals surface area contributed by atoms with Crippen LogP contribution in [0, 0.1) is 0 Å². The van der Waals surface area contributed by atoms with Gasteiger partial charge in [0, 0.05) is 31.8 Å². The highest BCUT2D eigenvalue weighted by Crippen LogP contribution is 2.35. The molecule has 1 aliphatic rings. The maximum atomic E-state index is 12.5. The fourth-order valence-corrected chi connectivity index (χ4v) is 3.20. The summed E-state index contributed by atoms with van der Waals surface area (Å²) in [5.74, 6) is 0.542. The topological polar surface area (TPSA) is 45.5 Å². The highest BCUT2D eigenvalue weighted by atomic mass is 32.2. The smallest absolute Gasteiger partial charge is 0.255 e. The predicted molar refractivity (Wildman–Crippen MR) is 107 cm³/mol. The van der Waals surface area contributed by atoms with Crippen molar-refractivity contribution in [2.75, 3.05) is 24.7 Å². The van der Waals surface area contributed by atoms with Crippen LogP contribution in [-0.4, -0.2) is 26.3 Å². The Morgan fingerprint density at radius 1 is 1.28 bits per heavy atom. The Bertz CT molecular complexity index is 877. The molecule has 0 spiro atoms. The molecular formula is C20H22N2O2S. The molecule has 5 heteroatoms. The minimum absolute atomic E-state index is 0.123. The summed E-state index contributed by atoms with van der Waals surface area (Å²) in [7, 11) is 3.65. The van der Waals surface area contributed by atoms with Crippen molar-refractivity contribution in [1.29, 1.82) is 0 Å². The molecule has 3 rings (SSSR count). The van der Waals surface area contributed by atoms with E-state index in [0.29, 0.717) is 11.3 Å². The van der Waals surface area contributed by atoms with E-state index in [4.69, 9.17) is 4.42 Å². The number of carbonyl (C=O) groups is 1. The molecule has 1 aromatic heterocycles. The SMILES string of the molecule is CNC(=O)c1c(/C2=C/C/C=C\C=C/C2)oc2cc(N(C)SC)ccc12. The number of nitrogens with zero attached hydrogens (tertiary/aromatic N) is 1. The second-order valence-electron chi connectivity index (χ2n) is 5.77. The van der Waals surface area contributed by atoms with Gasteiger partial charge in [-0.3, -0.25) is 4.79 Å². The number of anilines is 1. The molecule has 1 aromatic carbocycles. The van der Waals surface area contributed by atoms with Crippen molar-refractivity contribution in [1.82, 2.24) is 5.32 Å². The highest BCUT2D eigenvalue weighted by Gasteiger charge is 2.22. The monoisotopic (exact) mass is 354 g/mol. The zero-order valence-corrected chi connectivity index (χ0v) is 15.5. The standard InChI is InChI=1S/C20H22N2O2S/c1-21-20(23)18-16-12-11-15(22(2)25-3)13-17(16)24-19(18)14-9-7-5-4-6-8-10-14/h4-7,10-13H,8-9H2,1-3H3,(H,21,23)/b6-4-,7-5-,14-10+. The van der Waals surface area contributed by atoms with Crippen LogP contribution < -0.4 is 9.62 Å². The van der Waals surface area contributed by atoms with Crippen molar-refractivity contribution < 1.29 is 9.21 Å². The van der Waals surface area contributed by atoms with E-state index in [0.717, 1.165) is 35.1 Å². The fourth-order valence-electron chi connectivity index (χ4n) is 2.87. The number of furan rings is 1. The van der Waals surface area contributed by atoms with Crippen molar-refractivity contribution in [2.24, 2.45) is 0 Å². The van der Waals surface area contributed by atoms with Gasteiger partial charge in [-0.1, -0.05) is 42.3 Å². The van der Waals surface area contributed by atoms with Crippen LogP contribution in [0.3, 0.4) is 0 Å². The molecule has 2 aromatic rings. The second kappa shape index (κ2) is 7.66. The van der Waals surface area contributed by atoms with E-state index in [1.54, 1.807) is 19.0 Å². The number of hydrogen-bond acceptors (Lipinski definition) is 4. The Labute approximate surface area is 152 Å². The number of fused-ring (bicyclic) bond motifs is 1. The summed E-state index contributed by atoms with van der Waals surface area (Å²) < 4.78 is 8.23. The van der Waals surface area contributed by atoms with Gasteiger partial charge in [-0.05, 0) is 30.5 Å². The van der Waals surface area contributed by atoms with E-state index in [9.17, 15) is 4.79 Å². The first kappa shape index (κ1) is 17.4. The molecule has 1 N–H and O–H groups in total. The average molecular weight is 354 g/mol. The van der Waals surface area contributed by atoms with Gasteiger partial charge in [0.1, 0.15) is 11.3 Å². The van der Waals surface area contributed by atoms with Gasteiger partial charge in [0.15, 0.2) is 0 Å². The van der Waals surface area contributed by atoms with E-state index < -0.39 is 0 Å². The van der Waals surface area contributed by atoms with Crippen molar-refractivity contribution in [2.45, 2.75) is 12.8 Å². The van der Waals surface area contributed by atoms with Gasteiger partial charge in [-0.2, -0.15) is 0 Å². The molecule has 0 saturated carbocycles. The van der Waals surface area contributed by atoms with Crippen LogP contribution >= 0.6 is 11.9 Å². The van der Waals surface area contributed by atoms with E-state index in [1.807, 2.05) is 43.7 Å². The van der Waals surface area contributed by atoms with Crippen LogP contribution in [0.15, 0.2) is 53.0 Å². The summed E-state index contributed by atoms with van der Waals surface area (Å²) >= 11 is 1.63. The van der Waals surface area contributed by atoms with Gasteiger partial charge in [0.25, 0.3) is 5.91 Å². The summed E-state index contributed by atoms with van der Waals surface area (Å²) in [5.41, 5.74) is 3.42. The zero-order chi connectivity index (χ0) is 17.8. The molecule has 0 atom stereocenters. The summed E-state index contributed by atoms with van der Waals surface area (Å²) in [6, 6.07) is 5.97. The van der Waals surface area contributed by atoms with Gasteiger partial charge in [0.2, 0.25) is 0 Å². The fraction of sp³-hybridized carbons (Fsp3) is 0.250. The second-order valence-corrected chi connectivity index (χ2v) is 6.68. The maximum Gasteiger partial charge on any atom is 0.255 e. The average Bonchev–Trinajstić information content (AvgIpc) is 2.98. The Kier molecular flexibility index (Phi) is 5.34. The Hall–Kier alpha value is -2.40. The number of benzene rings is 1. The Morgan fingerprint density at radius 3 is 2.84 bits per heavy atom. The van der Waals surface area contributed by atoms with Crippen LogP contribution in [-0.2, 0) is 0 Å². The number of allylic oxidation sites excluding steroid dienone is 6. The number of hydrogen-bond donors (Lipinski definition) is 1. The van der Waals surface area contributed by atoms with Gasteiger partial charge in [0.05, 0.1) is 11.3 Å². The first-order valence-electron chi connectivity index (χ1n) is 8.23. The highest BCUT2D eigenvalue weighted by molar-refractivity contribution is 7.99.